The van der Waals surface area contributed by atoms with Crippen LogP contribution in [-0.4, -0.2) is 19.5 Å². The van der Waals surface area contributed by atoms with Gasteiger partial charge in [-0.3, -0.25) is 9.36 Å². The molecule has 0 aliphatic rings. The van der Waals surface area contributed by atoms with Crippen LogP contribution in [0, 0.1) is 0 Å². The summed E-state index contributed by atoms with van der Waals surface area (Å²) < 4.78 is 1.61. The zero-order valence-electron chi connectivity index (χ0n) is 12.0. The van der Waals surface area contributed by atoms with Crippen LogP contribution in [0.15, 0.2) is 23.3 Å². The minimum Gasteiger partial charge on any atom is -0.346 e. The molecular formula is C15H15ClN4O. The highest BCUT2D eigenvalue weighted by Gasteiger charge is 2.05. The van der Waals surface area contributed by atoms with Crippen LogP contribution in [0.25, 0.3) is 22.7 Å². The van der Waals surface area contributed by atoms with Gasteiger partial charge in [0, 0.05) is 30.4 Å². The maximum absolute atomic E-state index is 12.3. The third-order valence-corrected chi connectivity index (χ3v) is 3.63. The number of imidazole rings is 1. The quantitative estimate of drug-likeness (QED) is 0.711. The van der Waals surface area contributed by atoms with Gasteiger partial charge in [0.25, 0.3) is 5.56 Å². The molecule has 0 fully saturated rings. The summed E-state index contributed by atoms with van der Waals surface area (Å²) in [6.45, 7) is 3.93. The van der Waals surface area contributed by atoms with E-state index in [-0.39, 0.29) is 5.56 Å². The summed E-state index contributed by atoms with van der Waals surface area (Å²) in [5.74, 6) is 0. The van der Waals surface area contributed by atoms with Crippen molar-refractivity contribution in [3.8, 4) is 0 Å². The second-order valence-corrected chi connectivity index (χ2v) is 5.63. The first-order valence-corrected chi connectivity index (χ1v) is 6.92. The topological polar surface area (TPSA) is 66.5 Å². The summed E-state index contributed by atoms with van der Waals surface area (Å²) in [6, 6.07) is 1.83. The van der Waals surface area contributed by atoms with E-state index in [1.54, 1.807) is 17.8 Å². The van der Waals surface area contributed by atoms with Gasteiger partial charge in [0.1, 0.15) is 16.5 Å². The SMILES string of the molecule is CC(C)=c1[nH]c(=Cc2c[nH]c3ncc(Cl)cc23)c(=O)n1C. The predicted molar refractivity (Wildman–Crippen MR) is 84.7 cm³/mol. The zero-order chi connectivity index (χ0) is 15.1. The molecule has 21 heavy (non-hydrogen) atoms. The molecule has 0 aliphatic heterocycles. The number of nitrogens with one attached hydrogen (secondary N) is 2. The molecule has 2 N–H and O–H groups in total. The van der Waals surface area contributed by atoms with E-state index in [0.717, 1.165) is 27.6 Å². The van der Waals surface area contributed by atoms with E-state index in [9.17, 15) is 4.79 Å². The third kappa shape index (κ3) is 2.29. The minimum atomic E-state index is -0.0597. The van der Waals surface area contributed by atoms with Gasteiger partial charge in [-0.25, -0.2) is 4.98 Å². The Morgan fingerprint density at radius 2 is 2.19 bits per heavy atom. The lowest BCUT2D eigenvalue weighted by atomic mass is 10.2. The summed E-state index contributed by atoms with van der Waals surface area (Å²) in [6.07, 6.45) is 5.22. The standard InChI is InChI=1S/C15H15ClN4O/c1-8(2)14-19-12(15(21)20(14)3)4-9-6-17-13-11(9)5-10(16)7-18-13/h4-7,19H,1-3H3,(H,17,18). The number of aromatic nitrogens is 4. The number of H-pyrrole nitrogens is 2. The summed E-state index contributed by atoms with van der Waals surface area (Å²) in [4.78, 5) is 22.7. The molecule has 0 saturated heterocycles. The summed E-state index contributed by atoms with van der Waals surface area (Å²) in [5, 5.41) is 1.99. The molecule has 0 radical (unpaired) electrons. The van der Waals surface area contributed by atoms with Crippen LogP contribution in [0.4, 0.5) is 0 Å². The Balaban J connectivity index is 2.31. The average molecular weight is 303 g/mol. The molecule has 0 atom stereocenters. The van der Waals surface area contributed by atoms with Crippen molar-refractivity contribution in [2.24, 2.45) is 7.05 Å². The normalized spacial score (nSPS) is 12.3. The Labute approximate surface area is 125 Å². The highest BCUT2D eigenvalue weighted by atomic mass is 35.5. The van der Waals surface area contributed by atoms with Gasteiger partial charge in [-0.05, 0) is 31.6 Å². The predicted octanol–water partition coefficient (Wildman–Crippen LogP) is 1.26. The first kappa shape index (κ1) is 13.7. The monoisotopic (exact) mass is 302 g/mol. The molecule has 0 aromatic carbocycles. The van der Waals surface area contributed by atoms with Crippen molar-refractivity contribution in [2.75, 3.05) is 0 Å². The van der Waals surface area contributed by atoms with Crippen molar-refractivity contribution in [2.45, 2.75) is 13.8 Å². The third-order valence-electron chi connectivity index (χ3n) is 3.43. The van der Waals surface area contributed by atoms with E-state index in [1.165, 1.54) is 0 Å². The Kier molecular flexibility index (Phi) is 3.22. The largest absolute Gasteiger partial charge is 0.346 e. The smallest absolute Gasteiger partial charge is 0.275 e. The molecule has 108 valence electrons. The molecule has 0 saturated carbocycles. The second kappa shape index (κ2) is 4.93. The van der Waals surface area contributed by atoms with Crippen molar-refractivity contribution < 1.29 is 0 Å². The average Bonchev–Trinajstić information content (AvgIpc) is 2.95. The van der Waals surface area contributed by atoms with Gasteiger partial charge in [-0.2, -0.15) is 0 Å². The van der Waals surface area contributed by atoms with Crippen LogP contribution in [0.1, 0.15) is 19.4 Å². The van der Waals surface area contributed by atoms with Crippen LogP contribution < -0.4 is 16.4 Å². The first-order chi connectivity index (χ1) is 9.97. The van der Waals surface area contributed by atoms with Crippen LogP contribution in [0.3, 0.4) is 0 Å². The number of hydrogen-bond acceptors (Lipinski definition) is 2. The zero-order valence-corrected chi connectivity index (χ0v) is 12.7. The Morgan fingerprint density at radius 1 is 1.43 bits per heavy atom. The molecule has 0 spiro atoms. The van der Waals surface area contributed by atoms with E-state index >= 15 is 0 Å². The number of rotatable bonds is 1. The first-order valence-electron chi connectivity index (χ1n) is 6.54. The van der Waals surface area contributed by atoms with Gasteiger partial charge in [0.2, 0.25) is 0 Å². The molecule has 0 amide bonds. The van der Waals surface area contributed by atoms with E-state index in [2.05, 4.69) is 15.0 Å². The number of halogens is 1. The van der Waals surface area contributed by atoms with Crippen molar-refractivity contribution in [3.05, 3.63) is 50.2 Å². The number of pyridine rings is 1. The molecule has 3 aromatic rings. The lowest BCUT2D eigenvalue weighted by Crippen LogP contribution is -2.29. The molecule has 0 aliphatic carbocycles. The lowest BCUT2D eigenvalue weighted by Gasteiger charge is -1.91. The summed E-state index contributed by atoms with van der Waals surface area (Å²) >= 11 is 5.99. The fourth-order valence-corrected chi connectivity index (χ4v) is 2.54. The fraction of sp³-hybridized carbons (Fsp3) is 0.200. The highest BCUT2D eigenvalue weighted by Crippen LogP contribution is 2.20. The van der Waals surface area contributed by atoms with Crippen LogP contribution in [-0.2, 0) is 7.05 Å². The molecule has 3 heterocycles. The van der Waals surface area contributed by atoms with Crippen molar-refractivity contribution in [3.63, 3.8) is 0 Å². The van der Waals surface area contributed by atoms with Crippen molar-refractivity contribution in [1.29, 1.82) is 0 Å². The number of nitrogens with zero attached hydrogens (tertiary/aromatic N) is 2. The van der Waals surface area contributed by atoms with Gasteiger partial charge >= 0.3 is 0 Å². The Morgan fingerprint density at radius 3 is 2.86 bits per heavy atom. The van der Waals surface area contributed by atoms with E-state index in [1.807, 2.05) is 32.2 Å². The van der Waals surface area contributed by atoms with Crippen LogP contribution >= 0.6 is 11.6 Å². The van der Waals surface area contributed by atoms with Gasteiger partial charge in [0.15, 0.2) is 0 Å². The highest BCUT2D eigenvalue weighted by molar-refractivity contribution is 6.31. The van der Waals surface area contributed by atoms with Crippen LogP contribution in [0.2, 0.25) is 5.02 Å². The number of hydrogen-bond donors (Lipinski definition) is 2. The Hall–Kier alpha value is -2.27. The van der Waals surface area contributed by atoms with Gasteiger partial charge in [0.05, 0.1) is 5.02 Å². The van der Waals surface area contributed by atoms with Crippen molar-refractivity contribution >= 4 is 34.3 Å². The van der Waals surface area contributed by atoms with E-state index in [0.29, 0.717) is 10.4 Å². The minimum absolute atomic E-state index is 0.0597. The van der Waals surface area contributed by atoms with Gasteiger partial charge in [-0.1, -0.05) is 11.6 Å². The van der Waals surface area contributed by atoms with E-state index < -0.39 is 0 Å². The van der Waals surface area contributed by atoms with E-state index in [4.69, 9.17) is 11.6 Å². The molecule has 0 bridgehead atoms. The Bertz CT molecular complexity index is 1000. The van der Waals surface area contributed by atoms with Crippen molar-refractivity contribution in [1.82, 2.24) is 19.5 Å². The van der Waals surface area contributed by atoms with Crippen LogP contribution in [0.5, 0.6) is 0 Å². The molecule has 0 unspecified atom stereocenters. The fourth-order valence-electron chi connectivity index (χ4n) is 2.38. The molecular weight excluding hydrogens is 288 g/mol. The maximum atomic E-state index is 12.3. The summed E-state index contributed by atoms with van der Waals surface area (Å²) in [5.41, 5.74) is 3.43. The lowest BCUT2D eigenvalue weighted by molar-refractivity contribution is 0.831. The molecule has 3 aromatic heterocycles. The molecule has 6 heteroatoms. The summed E-state index contributed by atoms with van der Waals surface area (Å²) in [7, 11) is 1.76. The maximum Gasteiger partial charge on any atom is 0.275 e. The second-order valence-electron chi connectivity index (χ2n) is 5.19. The molecule has 3 rings (SSSR count). The van der Waals surface area contributed by atoms with Gasteiger partial charge < -0.3 is 9.97 Å². The van der Waals surface area contributed by atoms with Gasteiger partial charge in [-0.15, -0.1) is 0 Å². The number of aromatic amines is 2. The number of fused-ring (bicyclic) bond motifs is 1. The molecule has 5 nitrogen and oxygen atoms in total.